The van der Waals surface area contributed by atoms with E-state index >= 15 is 0 Å². The molecule has 0 aromatic heterocycles. The van der Waals surface area contributed by atoms with Crippen LogP contribution in [-0.2, 0) is 26.2 Å². The van der Waals surface area contributed by atoms with Crippen LogP contribution in [0.15, 0.2) is 77.7 Å². The lowest BCUT2D eigenvalue weighted by molar-refractivity contribution is -0.140. The number of rotatable bonds is 13. The number of anilines is 1. The number of nitrogens with one attached hydrogen (secondary N) is 1. The number of carbonyl (C=O) groups is 2. The van der Waals surface area contributed by atoms with E-state index in [2.05, 4.69) is 5.32 Å². The first kappa shape index (κ1) is 31.7. The van der Waals surface area contributed by atoms with E-state index in [1.165, 1.54) is 17.0 Å². The van der Waals surface area contributed by atoms with Gasteiger partial charge < -0.3 is 15.0 Å². The minimum absolute atomic E-state index is 0.0736. The first-order valence-electron chi connectivity index (χ1n) is 13.9. The number of aryl methyl sites for hydroxylation is 2. The van der Waals surface area contributed by atoms with Crippen molar-refractivity contribution in [2.75, 3.05) is 18.0 Å². The fraction of sp³-hybridized carbons (Fsp3) is 0.375. The molecule has 0 aliphatic rings. The highest BCUT2D eigenvalue weighted by molar-refractivity contribution is 7.92. The van der Waals surface area contributed by atoms with Crippen LogP contribution in [0.2, 0.25) is 0 Å². The van der Waals surface area contributed by atoms with Crippen LogP contribution < -0.4 is 14.4 Å². The summed E-state index contributed by atoms with van der Waals surface area (Å²) >= 11 is 0. The van der Waals surface area contributed by atoms with Gasteiger partial charge >= 0.3 is 0 Å². The van der Waals surface area contributed by atoms with Gasteiger partial charge in [-0.05, 0) is 86.7 Å². The Morgan fingerprint density at radius 1 is 0.902 bits per heavy atom. The van der Waals surface area contributed by atoms with Gasteiger partial charge in [-0.15, -0.1) is 0 Å². The van der Waals surface area contributed by atoms with Gasteiger partial charge in [0.2, 0.25) is 11.8 Å². The summed E-state index contributed by atoms with van der Waals surface area (Å²) in [6.07, 6.45) is 1.09. The molecule has 0 fully saturated rings. The van der Waals surface area contributed by atoms with Crippen LogP contribution >= 0.6 is 0 Å². The van der Waals surface area contributed by atoms with Crippen molar-refractivity contribution in [1.82, 2.24) is 10.2 Å². The van der Waals surface area contributed by atoms with Gasteiger partial charge in [-0.1, -0.05) is 50.2 Å². The minimum Gasteiger partial charge on any atom is -0.497 e. The third kappa shape index (κ3) is 8.10. The predicted molar refractivity (Wildman–Crippen MR) is 162 cm³/mol. The minimum atomic E-state index is -4.11. The van der Waals surface area contributed by atoms with Gasteiger partial charge in [0.25, 0.3) is 10.0 Å². The molecule has 0 saturated heterocycles. The fourth-order valence-electron chi connectivity index (χ4n) is 4.67. The first-order chi connectivity index (χ1) is 19.5. The molecule has 2 amide bonds. The second-order valence-electron chi connectivity index (χ2n) is 10.3. The third-order valence-corrected chi connectivity index (χ3v) is 8.77. The lowest BCUT2D eigenvalue weighted by atomic mass is 10.1. The van der Waals surface area contributed by atoms with E-state index in [4.69, 9.17) is 4.74 Å². The molecular formula is C32H41N3O5S. The Morgan fingerprint density at radius 3 is 2.15 bits per heavy atom. The van der Waals surface area contributed by atoms with Crippen LogP contribution in [0.1, 0.15) is 50.3 Å². The van der Waals surface area contributed by atoms with Crippen molar-refractivity contribution in [2.45, 2.75) is 71.0 Å². The number of methoxy groups -OCH3 is 1. The summed E-state index contributed by atoms with van der Waals surface area (Å²) in [4.78, 5) is 29.2. The Labute approximate surface area is 244 Å². The molecule has 3 aromatic carbocycles. The van der Waals surface area contributed by atoms with Gasteiger partial charge in [-0.3, -0.25) is 13.9 Å². The number of nitrogens with zero attached hydrogens (tertiary/aromatic N) is 2. The highest BCUT2D eigenvalue weighted by Crippen LogP contribution is 2.27. The third-order valence-electron chi connectivity index (χ3n) is 6.98. The first-order valence-corrected chi connectivity index (χ1v) is 15.3. The summed E-state index contributed by atoms with van der Waals surface area (Å²) in [5.41, 5.74) is 2.89. The molecule has 0 aliphatic heterocycles. The molecule has 0 aliphatic carbocycles. The maximum Gasteiger partial charge on any atom is 0.264 e. The standard InChI is InChI=1S/C32H41N3O5S/c1-7-25(5)33-32(37)30(8-2)34(21-26-13-12-14-28(20-26)40-6)31(36)22-35(27-18-23(3)17-24(4)19-27)41(38,39)29-15-10-9-11-16-29/h9-20,25,30H,7-8,21-22H2,1-6H3,(H,33,37)/t25-,30-/m0/s1. The van der Waals surface area contributed by atoms with Crippen molar-refractivity contribution < 1.29 is 22.7 Å². The largest absolute Gasteiger partial charge is 0.497 e. The van der Waals surface area contributed by atoms with Crippen LogP contribution in [-0.4, -0.2) is 50.9 Å². The molecule has 3 aromatic rings. The Balaban J connectivity index is 2.09. The molecule has 2 atom stereocenters. The Kier molecular flexibility index (Phi) is 10.9. The van der Waals surface area contributed by atoms with Crippen molar-refractivity contribution in [3.8, 4) is 5.75 Å². The number of hydrogen-bond donors (Lipinski definition) is 1. The summed E-state index contributed by atoms with van der Waals surface area (Å²) < 4.78 is 34.5. The lowest BCUT2D eigenvalue weighted by Gasteiger charge is -2.34. The number of hydrogen-bond acceptors (Lipinski definition) is 5. The van der Waals surface area contributed by atoms with E-state index in [1.54, 1.807) is 43.5 Å². The second-order valence-corrected chi connectivity index (χ2v) is 12.1. The SMILES string of the molecule is CC[C@H](C)NC(=O)[C@H](CC)N(Cc1cccc(OC)c1)C(=O)CN(c1cc(C)cc(C)c1)S(=O)(=O)c1ccccc1. The number of ether oxygens (including phenoxy) is 1. The van der Waals surface area contributed by atoms with Crippen molar-refractivity contribution in [3.63, 3.8) is 0 Å². The second kappa shape index (κ2) is 14.2. The van der Waals surface area contributed by atoms with Crippen molar-refractivity contribution in [2.24, 2.45) is 0 Å². The molecule has 0 spiro atoms. The maximum absolute atomic E-state index is 14.2. The van der Waals surface area contributed by atoms with E-state index in [9.17, 15) is 18.0 Å². The van der Waals surface area contributed by atoms with E-state index < -0.39 is 28.5 Å². The molecule has 0 heterocycles. The Bertz CT molecular complexity index is 1420. The molecule has 220 valence electrons. The zero-order chi connectivity index (χ0) is 30.2. The van der Waals surface area contributed by atoms with Crippen molar-refractivity contribution >= 4 is 27.5 Å². The zero-order valence-electron chi connectivity index (χ0n) is 24.8. The van der Waals surface area contributed by atoms with Gasteiger partial charge in [-0.2, -0.15) is 0 Å². The van der Waals surface area contributed by atoms with Crippen LogP contribution in [0.4, 0.5) is 5.69 Å². The number of amides is 2. The summed E-state index contributed by atoms with van der Waals surface area (Å²) in [6, 6.07) is 19.9. The number of carbonyl (C=O) groups excluding carboxylic acids is 2. The molecule has 8 nitrogen and oxygen atoms in total. The molecule has 0 radical (unpaired) electrons. The number of sulfonamides is 1. The van der Waals surface area contributed by atoms with Gasteiger partial charge in [0.05, 0.1) is 17.7 Å². The predicted octanol–water partition coefficient (Wildman–Crippen LogP) is 5.23. The van der Waals surface area contributed by atoms with E-state index in [1.807, 2.05) is 58.9 Å². The molecule has 0 unspecified atom stereocenters. The van der Waals surface area contributed by atoms with Crippen LogP contribution in [0.25, 0.3) is 0 Å². The molecule has 0 bridgehead atoms. The van der Waals surface area contributed by atoms with E-state index in [0.717, 1.165) is 27.4 Å². The summed E-state index contributed by atoms with van der Waals surface area (Å²) in [5, 5.41) is 2.99. The van der Waals surface area contributed by atoms with E-state index in [-0.39, 0.29) is 23.4 Å². The normalized spacial score (nSPS) is 12.7. The highest BCUT2D eigenvalue weighted by atomic mass is 32.2. The van der Waals surface area contributed by atoms with Crippen LogP contribution in [0.3, 0.4) is 0 Å². The smallest absolute Gasteiger partial charge is 0.264 e. The van der Waals surface area contributed by atoms with E-state index in [0.29, 0.717) is 17.9 Å². The highest BCUT2D eigenvalue weighted by Gasteiger charge is 2.34. The molecule has 41 heavy (non-hydrogen) atoms. The molecule has 1 N–H and O–H groups in total. The molecule has 0 saturated carbocycles. The zero-order valence-corrected chi connectivity index (χ0v) is 25.6. The average Bonchev–Trinajstić information content (AvgIpc) is 2.95. The lowest BCUT2D eigenvalue weighted by Crippen LogP contribution is -2.53. The summed E-state index contributed by atoms with van der Waals surface area (Å²) in [6.45, 7) is 9.12. The monoisotopic (exact) mass is 579 g/mol. The molecule has 3 rings (SSSR count). The van der Waals surface area contributed by atoms with Gasteiger partial charge in [0.15, 0.2) is 0 Å². The molecule has 9 heteroatoms. The Hall–Kier alpha value is -3.85. The van der Waals surface area contributed by atoms with Gasteiger partial charge in [0, 0.05) is 12.6 Å². The van der Waals surface area contributed by atoms with Crippen molar-refractivity contribution in [1.29, 1.82) is 0 Å². The Morgan fingerprint density at radius 2 is 1.56 bits per heavy atom. The number of benzene rings is 3. The summed E-state index contributed by atoms with van der Waals surface area (Å²) in [5.74, 6) is -0.143. The molecular weight excluding hydrogens is 538 g/mol. The van der Waals surface area contributed by atoms with Gasteiger partial charge in [-0.25, -0.2) is 8.42 Å². The fourth-order valence-corrected chi connectivity index (χ4v) is 6.09. The summed E-state index contributed by atoms with van der Waals surface area (Å²) in [7, 11) is -2.55. The van der Waals surface area contributed by atoms with Crippen LogP contribution in [0, 0.1) is 13.8 Å². The maximum atomic E-state index is 14.2. The quantitative estimate of drug-likeness (QED) is 0.299. The van der Waals surface area contributed by atoms with Crippen molar-refractivity contribution in [3.05, 3.63) is 89.5 Å². The van der Waals surface area contributed by atoms with Crippen LogP contribution in [0.5, 0.6) is 5.75 Å². The average molecular weight is 580 g/mol. The topological polar surface area (TPSA) is 96.0 Å². The van der Waals surface area contributed by atoms with Gasteiger partial charge in [0.1, 0.15) is 18.3 Å².